The monoisotopic (exact) mass is 365 g/mol. The highest BCUT2D eigenvalue weighted by Gasteiger charge is 2.30. The third kappa shape index (κ3) is 5.21. The Balaban J connectivity index is 1.83. The van der Waals surface area contributed by atoms with E-state index >= 15 is 0 Å². The zero-order chi connectivity index (χ0) is 19.2. The summed E-state index contributed by atoms with van der Waals surface area (Å²) in [5.74, 6) is -1.09. The van der Waals surface area contributed by atoms with Gasteiger partial charge in [0.1, 0.15) is 17.4 Å². The minimum absolute atomic E-state index is 0.122. The molecule has 0 fully saturated rings. The minimum Gasteiger partial charge on any atom is -0.382 e. The minimum atomic E-state index is -4.46. The molecule has 0 saturated carbocycles. The maximum absolute atomic E-state index is 13.4. The Hall–Kier alpha value is -3.08. The van der Waals surface area contributed by atoms with Gasteiger partial charge < -0.3 is 10.6 Å². The van der Waals surface area contributed by atoms with E-state index in [0.29, 0.717) is 5.69 Å². The molecule has 0 aliphatic heterocycles. The van der Waals surface area contributed by atoms with Crippen LogP contribution in [0.1, 0.15) is 16.7 Å². The van der Waals surface area contributed by atoms with E-state index < -0.39 is 23.5 Å². The number of amides is 1. The van der Waals surface area contributed by atoms with Gasteiger partial charge >= 0.3 is 6.18 Å². The van der Waals surface area contributed by atoms with Crippen molar-refractivity contribution in [1.29, 1.82) is 5.26 Å². The van der Waals surface area contributed by atoms with Crippen molar-refractivity contribution in [3.8, 4) is 6.07 Å². The zero-order valence-electron chi connectivity index (χ0n) is 13.5. The summed E-state index contributed by atoms with van der Waals surface area (Å²) in [6.45, 7) is 0.394. The SMILES string of the molecule is N#Cc1c(F)cccc1NCCNC(=O)Cc1cccc(C(F)(F)F)c1. The smallest absolute Gasteiger partial charge is 0.382 e. The molecule has 2 N–H and O–H groups in total. The highest BCUT2D eigenvalue weighted by atomic mass is 19.4. The van der Waals surface area contributed by atoms with Gasteiger partial charge in [-0.2, -0.15) is 18.4 Å². The average Bonchev–Trinajstić information content (AvgIpc) is 2.58. The van der Waals surface area contributed by atoms with E-state index in [0.717, 1.165) is 12.1 Å². The molecule has 1 amide bonds. The van der Waals surface area contributed by atoms with Gasteiger partial charge in [-0.3, -0.25) is 4.79 Å². The first-order valence-corrected chi connectivity index (χ1v) is 7.66. The molecule has 0 atom stereocenters. The van der Waals surface area contributed by atoms with Gasteiger partial charge in [0.05, 0.1) is 17.7 Å². The number of nitrogens with one attached hydrogen (secondary N) is 2. The van der Waals surface area contributed by atoms with Gasteiger partial charge in [0.15, 0.2) is 0 Å². The fourth-order valence-corrected chi connectivity index (χ4v) is 2.29. The maximum atomic E-state index is 13.4. The Labute approximate surface area is 147 Å². The number of nitriles is 1. The van der Waals surface area contributed by atoms with E-state index in [1.54, 1.807) is 6.07 Å². The van der Waals surface area contributed by atoms with Crippen LogP contribution in [-0.2, 0) is 17.4 Å². The van der Waals surface area contributed by atoms with E-state index in [2.05, 4.69) is 10.6 Å². The molecule has 4 nitrogen and oxygen atoms in total. The Kier molecular flexibility index (Phi) is 6.17. The number of halogens is 4. The predicted molar refractivity (Wildman–Crippen MR) is 87.8 cm³/mol. The van der Waals surface area contributed by atoms with Gasteiger partial charge in [-0.05, 0) is 23.8 Å². The van der Waals surface area contributed by atoms with E-state index in [-0.39, 0.29) is 30.6 Å². The molecule has 0 unspecified atom stereocenters. The third-order valence-corrected chi connectivity index (χ3v) is 3.51. The lowest BCUT2D eigenvalue weighted by Crippen LogP contribution is -2.30. The number of carbonyl (C=O) groups excluding carboxylic acids is 1. The standard InChI is InChI=1S/C18H15F4N3O/c19-15-5-2-6-16(14(15)11-23)24-7-8-25-17(26)10-12-3-1-4-13(9-12)18(20,21)22/h1-6,9,24H,7-8,10H2,(H,25,26). The molecule has 2 aromatic carbocycles. The third-order valence-electron chi connectivity index (χ3n) is 3.51. The summed E-state index contributed by atoms with van der Waals surface area (Å²) in [7, 11) is 0. The van der Waals surface area contributed by atoms with Gasteiger partial charge in [-0.1, -0.05) is 24.3 Å². The van der Waals surface area contributed by atoms with Crippen molar-refractivity contribution in [2.24, 2.45) is 0 Å². The fourth-order valence-electron chi connectivity index (χ4n) is 2.29. The molecule has 0 aromatic heterocycles. The molecule has 0 bridgehead atoms. The van der Waals surface area contributed by atoms with Crippen molar-refractivity contribution in [1.82, 2.24) is 5.32 Å². The van der Waals surface area contributed by atoms with Crippen molar-refractivity contribution >= 4 is 11.6 Å². The van der Waals surface area contributed by atoms with Crippen LogP contribution < -0.4 is 10.6 Å². The lowest BCUT2D eigenvalue weighted by atomic mass is 10.1. The molecule has 8 heteroatoms. The molecule has 0 radical (unpaired) electrons. The lowest BCUT2D eigenvalue weighted by Gasteiger charge is -2.11. The van der Waals surface area contributed by atoms with Crippen LogP contribution in [0, 0.1) is 17.1 Å². The zero-order valence-corrected chi connectivity index (χ0v) is 13.5. The van der Waals surface area contributed by atoms with Crippen LogP contribution in [0.2, 0.25) is 0 Å². The molecular weight excluding hydrogens is 350 g/mol. The molecular formula is C18H15F4N3O. The number of hydrogen-bond donors (Lipinski definition) is 2. The van der Waals surface area contributed by atoms with Gasteiger partial charge in [0, 0.05) is 13.1 Å². The van der Waals surface area contributed by atoms with E-state index in [4.69, 9.17) is 5.26 Å². The number of alkyl halides is 3. The molecule has 136 valence electrons. The van der Waals surface area contributed by atoms with Crippen molar-refractivity contribution < 1.29 is 22.4 Å². The number of hydrogen-bond acceptors (Lipinski definition) is 3. The highest BCUT2D eigenvalue weighted by Crippen LogP contribution is 2.29. The van der Waals surface area contributed by atoms with Gasteiger partial charge in [0.2, 0.25) is 5.91 Å². The van der Waals surface area contributed by atoms with Crippen molar-refractivity contribution in [3.63, 3.8) is 0 Å². The fraction of sp³-hybridized carbons (Fsp3) is 0.222. The molecule has 0 spiro atoms. The molecule has 0 aliphatic rings. The number of nitrogens with zero attached hydrogens (tertiary/aromatic N) is 1. The molecule has 26 heavy (non-hydrogen) atoms. The summed E-state index contributed by atoms with van der Waals surface area (Å²) >= 11 is 0. The summed E-state index contributed by atoms with van der Waals surface area (Å²) in [6.07, 6.45) is -4.65. The van der Waals surface area contributed by atoms with Crippen LogP contribution >= 0.6 is 0 Å². The first kappa shape index (κ1) is 19.2. The second-order valence-electron chi connectivity index (χ2n) is 5.43. The van der Waals surface area contributed by atoms with Crippen LogP contribution in [0.5, 0.6) is 0 Å². The van der Waals surface area contributed by atoms with Crippen LogP contribution in [0.3, 0.4) is 0 Å². The van der Waals surface area contributed by atoms with Gasteiger partial charge in [-0.25, -0.2) is 4.39 Å². The Morgan fingerprint density at radius 1 is 1.12 bits per heavy atom. The normalized spacial score (nSPS) is 10.9. The second kappa shape index (κ2) is 8.34. The number of benzene rings is 2. The number of rotatable bonds is 6. The van der Waals surface area contributed by atoms with Crippen LogP contribution in [0.15, 0.2) is 42.5 Å². The summed E-state index contributed by atoms with van der Waals surface area (Å²) in [5.41, 5.74) is -0.371. The van der Waals surface area contributed by atoms with Crippen molar-refractivity contribution in [2.45, 2.75) is 12.6 Å². The largest absolute Gasteiger partial charge is 0.416 e. The van der Waals surface area contributed by atoms with Crippen LogP contribution in [0.4, 0.5) is 23.2 Å². The molecule has 0 heterocycles. The average molecular weight is 365 g/mol. The first-order chi connectivity index (χ1) is 12.3. The van der Waals surface area contributed by atoms with Crippen molar-refractivity contribution in [2.75, 3.05) is 18.4 Å². The first-order valence-electron chi connectivity index (χ1n) is 7.66. The highest BCUT2D eigenvalue weighted by molar-refractivity contribution is 5.78. The summed E-state index contributed by atoms with van der Waals surface area (Å²) < 4.78 is 51.4. The van der Waals surface area contributed by atoms with Crippen LogP contribution in [0.25, 0.3) is 0 Å². The number of anilines is 1. The summed E-state index contributed by atoms with van der Waals surface area (Å²) in [5, 5.41) is 14.3. The van der Waals surface area contributed by atoms with Gasteiger partial charge in [0.25, 0.3) is 0 Å². The van der Waals surface area contributed by atoms with E-state index in [1.807, 2.05) is 0 Å². The Morgan fingerprint density at radius 3 is 2.54 bits per heavy atom. The lowest BCUT2D eigenvalue weighted by molar-refractivity contribution is -0.137. The molecule has 0 aliphatic carbocycles. The maximum Gasteiger partial charge on any atom is 0.416 e. The second-order valence-corrected chi connectivity index (χ2v) is 5.43. The summed E-state index contributed by atoms with van der Waals surface area (Å²) in [6, 6.07) is 10.5. The Bertz CT molecular complexity index is 828. The Morgan fingerprint density at radius 2 is 1.85 bits per heavy atom. The van der Waals surface area contributed by atoms with Crippen molar-refractivity contribution in [3.05, 3.63) is 65.0 Å². The molecule has 2 rings (SSSR count). The van der Waals surface area contributed by atoms with E-state index in [1.165, 1.54) is 30.3 Å². The number of carbonyl (C=O) groups is 1. The van der Waals surface area contributed by atoms with Gasteiger partial charge in [-0.15, -0.1) is 0 Å². The quantitative estimate of drug-likeness (QED) is 0.608. The predicted octanol–water partition coefficient (Wildman–Crippen LogP) is 3.49. The van der Waals surface area contributed by atoms with Crippen LogP contribution in [-0.4, -0.2) is 19.0 Å². The molecule has 0 saturated heterocycles. The topological polar surface area (TPSA) is 64.9 Å². The van der Waals surface area contributed by atoms with E-state index in [9.17, 15) is 22.4 Å². The summed E-state index contributed by atoms with van der Waals surface area (Å²) in [4.78, 5) is 11.8. The molecule has 2 aromatic rings.